The van der Waals surface area contributed by atoms with Gasteiger partial charge in [0.15, 0.2) is 5.13 Å². The molecule has 0 spiro atoms. The predicted octanol–water partition coefficient (Wildman–Crippen LogP) is 0.828. The van der Waals surface area contributed by atoms with Gasteiger partial charge < -0.3 is 10.6 Å². The number of carbonyl (C=O) groups is 1. The Labute approximate surface area is 85.8 Å². The molecule has 0 atom stereocenters. The Morgan fingerprint density at radius 2 is 2.57 bits per heavy atom. The van der Waals surface area contributed by atoms with Crippen molar-refractivity contribution in [2.75, 3.05) is 18.9 Å². The highest BCUT2D eigenvalue weighted by Gasteiger charge is 2.08. The average Bonchev–Trinajstić information content (AvgIpc) is 2.66. The van der Waals surface area contributed by atoms with Gasteiger partial charge in [-0.15, -0.1) is 11.3 Å². The number of anilines is 1. The standard InChI is InChI=1S/C8H10N4OS/c1-10-8-12-6(5-14-8)7(13)11-4-2-3-9/h5H,2,4H2,1H3,(H,10,12)(H,11,13). The van der Waals surface area contributed by atoms with E-state index in [1.165, 1.54) is 11.3 Å². The third-order valence-corrected chi connectivity index (χ3v) is 2.33. The Morgan fingerprint density at radius 3 is 3.14 bits per heavy atom. The second-order valence-electron chi connectivity index (χ2n) is 2.45. The van der Waals surface area contributed by atoms with Crippen LogP contribution in [-0.4, -0.2) is 24.5 Å². The Morgan fingerprint density at radius 1 is 1.79 bits per heavy atom. The summed E-state index contributed by atoms with van der Waals surface area (Å²) in [6.07, 6.45) is 0.314. The summed E-state index contributed by atoms with van der Waals surface area (Å²) in [6, 6.07) is 1.95. The number of hydrogen-bond acceptors (Lipinski definition) is 5. The van der Waals surface area contributed by atoms with Crippen molar-refractivity contribution in [1.29, 1.82) is 5.26 Å². The van der Waals surface area contributed by atoms with Crippen LogP contribution in [0.5, 0.6) is 0 Å². The Balaban J connectivity index is 2.48. The maximum absolute atomic E-state index is 11.3. The molecule has 0 fully saturated rings. The van der Waals surface area contributed by atoms with Gasteiger partial charge in [-0.05, 0) is 0 Å². The van der Waals surface area contributed by atoms with Crippen molar-refractivity contribution in [3.05, 3.63) is 11.1 Å². The Kier molecular flexibility index (Phi) is 3.88. The molecule has 0 saturated carbocycles. The van der Waals surface area contributed by atoms with E-state index in [4.69, 9.17) is 5.26 Å². The van der Waals surface area contributed by atoms with Gasteiger partial charge in [-0.25, -0.2) is 4.98 Å². The number of thiazole rings is 1. The summed E-state index contributed by atoms with van der Waals surface area (Å²) < 4.78 is 0. The Bertz CT molecular complexity index is 354. The van der Waals surface area contributed by atoms with Crippen molar-refractivity contribution >= 4 is 22.4 Å². The molecule has 0 aliphatic rings. The monoisotopic (exact) mass is 210 g/mol. The van der Waals surface area contributed by atoms with Crippen molar-refractivity contribution in [3.8, 4) is 6.07 Å². The lowest BCUT2D eigenvalue weighted by Crippen LogP contribution is -2.24. The lowest BCUT2D eigenvalue weighted by molar-refractivity contribution is 0.0950. The van der Waals surface area contributed by atoms with E-state index in [1.54, 1.807) is 12.4 Å². The van der Waals surface area contributed by atoms with Crippen LogP contribution in [0, 0.1) is 11.3 Å². The normalized spacial score (nSPS) is 9.14. The summed E-state index contributed by atoms with van der Waals surface area (Å²) in [5, 5.41) is 16.1. The zero-order valence-corrected chi connectivity index (χ0v) is 8.52. The fraction of sp³-hybridized carbons (Fsp3) is 0.375. The smallest absolute Gasteiger partial charge is 0.270 e. The van der Waals surface area contributed by atoms with Crippen LogP contribution in [-0.2, 0) is 0 Å². The zero-order valence-electron chi connectivity index (χ0n) is 7.70. The van der Waals surface area contributed by atoms with Crippen molar-refractivity contribution in [1.82, 2.24) is 10.3 Å². The van der Waals surface area contributed by atoms with Gasteiger partial charge in [0, 0.05) is 19.0 Å². The van der Waals surface area contributed by atoms with Crippen molar-refractivity contribution in [3.63, 3.8) is 0 Å². The molecule has 0 aliphatic carbocycles. The number of nitrogens with one attached hydrogen (secondary N) is 2. The maximum Gasteiger partial charge on any atom is 0.270 e. The maximum atomic E-state index is 11.3. The number of aromatic nitrogens is 1. The van der Waals surface area contributed by atoms with E-state index in [2.05, 4.69) is 15.6 Å². The second kappa shape index (κ2) is 5.19. The summed E-state index contributed by atoms with van der Waals surface area (Å²) in [5.41, 5.74) is 0.386. The number of carbonyl (C=O) groups excluding carboxylic acids is 1. The molecule has 0 aromatic carbocycles. The first-order valence-electron chi connectivity index (χ1n) is 4.06. The molecule has 5 nitrogen and oxygen atoms in total. The van der Waals surface area contributed by atoms with Gasteiger partial charge in [-0.3, -0.25) is 4.79 Å². The summed E-state index contributed by atoms with van der Waals surface area (Å²) in [7, 11) is 1.75. The van der Waals surface area contributed by atoms with E-state index in [-0.39, 0.29) is 5.91 Å². The van der Waals surface area contributed by atoms with E-state index in [0.717, 1.165) is 0 Å². The number of nitriles is 1. The van der Waals surface area contributed by atoms with Gasteiger partial charge in [0.1, 0.15) is 5.69 Å². The van der Waals surface area contributed by atoms with Gasteiger partial charge in [0.2, 0.25) is 0 Å². The fourth-order valence-corrected chi connectivity index (χ4v) is 1.47. The van der Waals surface area contributed by atoms with Crippen LogP contribution < -0.4 is 10.6 Å². The molecule has 0 radical (unpaired) electrons. The highest BCUT2D eigenvalue weighted by atomic mass is 32.1. The van der Waals surface area contributed by atoms with Crippen molar-refractivity contribution in [2.45, 2.75) is 6.42 Å². The second-order valence-corrected chi connectivity index (χ2v) is 3.31. The lowest BCUT2D eigenvalue weighted by Gasteiger charge is -1.97. The van der Waals surface area contributed by atoms with E-state index >= 15 is 0 Å². The Hall–Kier alpha value is -1.61. The summed E-state index contributed by atoms with van der Waals surface area (Å²) in [6.45, 7) is 0.363. The van der Waals surface area contributed by atoms with Crippen LogP contribution in [0.15, 0.2) is 5.38 Å². The van der Waals surface area contributed by atoms with Gasteiger partial charge >= 0.3 is 0 Å². The molecule has 2 N–H and O–H groups in total. The molecule has 1 aromatic rings. The van der Waals surface area contributed by atoms with E-state index in [0.29, 0.717) is 23.8 Å². The van der Waals surface area contributed by atoms with Gasteiger partial charge in [0.05, 0.1) is 12.5 Å². The van der Waals surface area contributed by atoms with Gasteiger partial charge in [0.25, 0.3) is 5.91 Å². The average molecular weight is 210 g/mol. The minimum atomic E-state index is -0.238. The third-order valence-electron chi connectivity index (χ3n) is 1.47. The number of amides is 1. The van der Waals surface area contributed by atoms with Crippen LogP contribution >= 0.6 is 11.3 Å². The molecule has 74 valence electrons. The molecule has 0 saturated heterocycles. The van der Waals surface area contributed by atoms with E-state index in [1.807, 2.05) is 6.07 Å². The van der Waals surface area contributed by atoms with Crippen LogP contribution in [0.2, 0.25) is 0 Å². The quantitative estimate of drug-likeness (QED) is 0.721. The molecular formula is C8H10N4OS. The highest BCUT2D eigenvalue weighted by Crippen LogP contribution is 2.13. The molecule has 6 heteroatoms. The van der Waals surface area contributed by atoms with Crippen LogP contribution in [0.4, 0.5) is 5.13 Å². The SMILES string of the molecule is CNc1nc(C(=O)NCCC#N)cs1. The molecule has 14 heavy (non-hydrogen) atoms. The number of hydrogen-bond donors (Lipinski definition) is 2. The largest absolute Gasteiger partial charge is 0.365 e. The molecule has 0 unspecified atom stereocenters. The van der Waals surface area contributed by atoms with Gasteiger partial charge in [-0.1, -0.05) is 0 Å². The first-order valence-corrected chi connectivity index (χ1v) is 4.94. The number of nitrogens with zero attached hydrogens (tertiary/aromatic N) is 2. The molecule has 0 aliphatic heterocycles. The van der Waals surface area contributed by atoms with Crippen molar-refractivity contribution in [2.24, 2.45) is 0 Å². The summed E-state index contributed by atoms with van der Waals surface area (Å²) >= 11 is 1.37. The molecular weight excluding hydrogens is 200 g/mol. The molecule has 1 heterocycles. The molecule has 1 amide bonds. The molecule has 1 aromatic heterocycles. The topological polar surface area (TPSA) is 77.8 Å². The number of rotatable bonds is 4. The predicted molar refractivity (Wildman–Crippen MR) is 54.2 cm³/mol. The van der Waals surface area contributed by atoms with E-state index in [9.17, 15) is 4.79 Å². The highest BCUT2D eigenvalue weighted by molar-refractivity contribution is 7.13. The minimum absolute atomic E-state index is 0.238. The third kappa shape index (κ3) is 2.71. The van der Waals surface area contributed by atoms with Crippen molar-refractivity contribution < 1.29 is 4.79 Å². The summed E-state index contributed by atoms with van der Waals surface area (Å²) in [4.78, 5) is 15.4. The first-order chi connectivity index (χ1) is 6.77. The molecule has 0 bridgehead atoms. The van der Waals surface area contributed by atoms with E-state index < -0.39 is 0 Å². The van der Waals surface area contributed by atoms with Crippen LogP contribution in [0.1, 0.15) is 16.9 Å². The zero-order chi connectivity index (χ0) is 10.4. The lowest BCUT2D eigenvalue weighted by atomic mass is 10.4. The molecule has 1 rings (SSSR count). The minimum Gasteiger partial charge on any atom is -0.365 e. The summed E-state index contributed by atoms with van der Waals surface area (Å²) in [5.74, 6) is -0.238. The van der Waals surface area contributed by atoms with Crippen LogP contribution in [0.25, 0.3) is 0 Å². The first kappa shape index (κ1) is 10.5. The van der Waals surface area contributed by atoms with Gasteiger partial charge in [-0.2, -0.15) is 5.26 Å². The fourth-order valence-electron chi connectivity index (χ4n) is 0.815. The van der Waals surface area contributed by atoms with Crippen LogP contribution in [0.3, 0.4) is 0 Å².